The van der Waals surface area contributed by atoms with Gasteiger partial charge in [0.1, 0.15) is 17.1 Å². The molecule has 0 spiro atoms. The summed E-state index contributed by atoms with van der Waals surface area (Å²) in [7, 11) is 0. The van der Waals surface area contributed by atoms with Crippen molar-refractivity contribution in [1.82, 2.24) is 9.80 Å². The number of nitrogens with zero attached hydrogens (tertiary/aromatic N) is 2. The summed E-state index contributed by atoms with van der Waals surface area (Å²) in [6.07, 6.45) is 2.28. The Hall–Kier alpha value is -1.98. The van der Waals surface area contributed by atoms with Gasteiger partial charge in [0.05, 0.1) is 12.0 Å². The quantitative estimate of drug-likeness (QED) is 0.820. The van der Waals surface area contributed by atoms with Gasteiger partial charge in [-0.2, -0.15) is 0 Å². The highest BCUT2D eigenvalue weighted by Crippen LogP contribution is 2.35. The molecule has 0 aromatic carbocycles. The third kappa shape index (κ3) is 3.99. The molecule has 2 fully saturated rings. The lowest BCUT2D eigenvalue weighted by Crippen LogP contribution is -2.39. The van der Waals surface area contributed by atoms with Crippen LogP contribution in [0.1, 0.15) is 57.6 Å². The fourth-order valence-electron chi connectivity index (χ4n) is 3.65. The zero-order valence-corrected chi connectivity index (χ0v) is 15.6. The molecule has 6 nitrogen and oxygen atoms in total. The number of aryl methyl sites for hydroxylation is 1. The molecule has 0 bridgehead atoms. The zero-order chi connectivity index (χ0) is 18.2. The van der Waals surface area contributed by atoms with Gasteiger partial charge in [-0.15, -0.1) is 0 Å². The van der Waals surface area contributed by atoms with Crippen molar-refractivity contribution in [3.05, 3.63) is 23.7 Å². The number of furan rings is 1. The Kier molecular flexibility index (Phi) is 4.80. The van der Waals surface area contributed by atoms with Crippen LogP contribution in [0.25, 0.3) is 0 Å². The second-order valence-corrected chi connectivity index (χ2v) is 8.05. The summed E-state index contributed by atoms with van der Waals surface area (Å²) < 4.78 is 11.2. The molecular formula is C19H28N2O4. The van der Waals surface area contributed by atoms with E-state index in [1.165, 1.54) is 0 Å². The molecule has 2 saturated heterocycles. The molecule has 3 rings (SSSR count). The molecule has 0 unspecified atom stereocenters. The zero-order valence-electron chi connectivity index (χ0n) is 15.6. The highest BCUT2D eigenvalue weighted by molar-refractivity contribution is 5.81. The van der Waals surface area contributed by atoms with E-state index in [4.69, 9.17) is 9.15 Å². The van der Waals surface area contributed by atoms with Gasteiger partial charge < -0.3 is 19.0 Å². The average molecular weight is 348 g/mol. The largest absolute Gasteiger partial charge is 0.464 e. The minimum absolute atomic E-state index is 0.0248. The van der Waals surface area contributed by atoms with Crippen molar-refractivity contribution in [3.8, 4) is 0 Å². The molecule has 2 atom stereocenters. The van der Waals surface area contributed by atoms with E-state index in [1.807, 2.05) is 44.7 Å². The topological polar surface area (TPSA) is 63.0 Å². The van der Waals surface area contributed by atoms with E-state index in [2.05, 4.69) is 0 Å². The molecule has 1 aromatic rings. The molecule has 0 radical (unpaired) electrons. The fraction of sp³-hybridized carbons (Fsp3) is 0.684. The Morgan fingerprint density at radius 1 is 1.20 bits per heavy atom. The smallest absolute Gasteiger partial charge is 0.410 e. The normalized spacial score (nSPS) is 24.0. The highest BCUT2D eigenvalue weighted by Gasteiger charge is 2.39. The molecule has 2 aliphatic heterocycles. The van der Waals surface area contributed by atoms with Crippen LogP contribution < -0.4 is 0 Å². The standard InChI is InChI=1S/C19H28N2O4/c1-13-7-8-16(24-13)15-6-5-10-21(15)17(22)14-9-11-20(12-14)18(23)25-19(2,3)4/h7-8,14-15H,5-6,9-12H2,1-4H3/t14-,15-/m1/s1. The van der Waals surface area contributed by atoms with Crippen LogP contribution in [0.4, 0.5) is 4.79 Å². The van der Waals surface area contributed by atoms with Crippen molar-refractivity contribution in [2.24, 2.45) is 5.92 Å². The number of carbonyl (C=O) groups excluding carboxylic acids is 2. The van der Waals surface area contributed by atoms with Crippen molar-refractivity contribution < 1.29 is 18.7 Å². The van der Waals surface area contributed by atoms with Gasteiger partial charge in [0.15, 0.2) is 0 Å². The number of likely N-dealkylation sites (tertiary alicyclic amines) is 2. The van der Waals surface area contributed by atoms with Gasteiger partial charge in [-0.25, -0.2) is 4.79 Å². The van der Waals surface area contributed by atoms with E-state index in [0.717, 1.165) is 30.9 Å². The molecule has 2 aliphatic rings. The van der Waals surface area contributed by atoms with Crippen LogP contribution in [0, 0.1) is 12.8 Å². The van der Waals surface area contributed by atoms with Crippen LogP contribution in [0.5, 0.6) is 0 Å². The van der Waals surface area contributed by atoms with E-state index in [0.29, 0.717) is 19.5 Å². The van der Waals surface area contributed by atoms with Crippen LogP contribution in [-0.2, 0) is 9.53 Å². The minimum Gasteiger partial charge on any atom is -0.464 e. The van der Waals surface area contributed by atoms with E-state index in [9.17, 15) is 9.59 Å². The van der Waals surface area contributed by atoms with Crippen molar-refractivity contribution >= 4 is 12.0 Å². The molecule has 6 heteroatoms. The lowest BCUT2D eigenvalue weighted by molar-refractivity contribution is -0.136. The van der Waals surface area contributed by atoms with Gasteiger partial charge in [0.25, 0.3) is 0 Å². The second-order valence-electron chi connectivity index (χ2n) is 8.05. The van der Waals surface area contributed by atoms with E-state index in [1.54, 1.807) is 4.90 Å². The number of carbonyl (C=O) groups is 2. The summed E-state index contributed by atoms with van der Waals surface area (Å²) in [6, 6.07) is 3.93. The van der Waals surface area contributed by atoms with Gasteiger partial charge in [-0.05, 0) is 59.1 Å². The monoisotopic (exact) mass is 348 g/mol. The molecule has 0 aliphatic carbocycles. The predicted molar refractivity (Wildman–Crippen MR) is 93.0 cm³/mol. The first-order valence-corrected chi connectivity index (χ1v) is 9.09. The molecule has 138 valence electrons. The molecule has 1 aromatic heterocycles. The summed E-state index contributed by atoms with van der Waals surface area (Å²) in [5.74, 6) is 1.71. The highest BCUT2D eigenvalue weighted by atomic mass is 16.6. The van der Waals surface area contributed by atoms with Gasteiger partial charge >= 0.3 is 6.09 Å². The molecule has 2 amide bonds. The lowest BCUT2D eigenvalue weighted by atomic mass is 10.1. The molecule has 0 N–H and O–H groups in total. The SMILES string of the molecule is Cc1ccc([C@H]2CCCN2C(=O)[C@@H]2CCN(C(=O)OC(C)(C)C)C2)o1. The summed E-state index contributed by atoms with van der Waals surface area (Å²) >= 11 is 0. The van der Waals surface area contributed by atoms with Crippen LogP contribution in [0.15, 0.2) is 16.5 Å². The second kappa shape index (κ2) is 6.73. The Balaban J connectivity index is 1.62. The first-order valence-electron chi connectivity index (χ1n) is 9.09. The first kappa shape index (κ1) is 17.8. The Morgan fingerprint density at radius 3 is 2.60 bits per heavy atom. The Morgan fingerprint density at radius 2 is 1.96 bits per heavy atom. The molecular weight excluding hydrogens is 320 g/mol. The third-order valence-corrected chi connectivity index (χ3v) is 4.81. The van der Waals surface area contributed by atoms with E-state index in [-0.39, 0.29) is 24.0 Å². The van der Waals surface area contributed by atoms with Gasteiger partial charge in [-0.1, -0.05) is 0 Å². The Labute approximate surface area is 149 Å². The number of amides is 2. The maximum Gasteiger partial charge on any atom is 0.410 e. The summed E-state index contributed by atoms with van der Waals surface area (Å²) in [6.45, 7) is 9.24. The lowest BCUT2D eigenvalue weighted by Gasteiger charge is -2.27. The van der Waals surface area contributed by atoms with E-state index >= 15 is 0 Å². The Bertz CT molecular complexity index is 646. The minimum atomic E-state index is -0.517. The van der Waals surface area contributed by atoms with Crippen molar-refractivity contribution in [3.63, 3.8) is 0 Å². The fourth-order valence-corrected chi connectivity index (χ4v) is 3.65. The van der Waals surface area contributed by atoms with Gasteiger partial charge in [0.2, 0.25) is 5.91 Å². The third-order valence-electron chi connectivity index (χ3n) is 4.81. The maximum absolute atomic E-state index is 13.0. The maximum atomic E-state index is 13.0. The van der Waals surface area contributed by atoms with E-state index < -0.39 is 5.60 Å². The van der Waals surface area contributed by atoms with Crippen molar-refractivity contribution in [2.75, 3.05) is 19.6 Å². The summed E-state index contributed by atoms with van der Waals surface area (Å²) in [5, 5.41) is 0. The number of hydrogen-bond acceptors (Lipinski definition) is 4. The van der Waals surface area contributed by atoms with Gasteiger partial charge in [-0.3, -0.25) is 4.79 Å². The summed E-state index contributed by atoms with van der Waals surface area (Å²) in [4.78, 5) is 28.8. The van der Waals surface area contributed by atoms with Crippen LogP contribution in [0.3, 0.4) is 0 Å². The van der Waals surface area contributed by atoms with Crippen LogP contribution in [-0.4, -0.2) is 47.0 Å². The molecule has 3 heterocycles. The van der Waals surface area contributed by atoms with Crippen molar-refractivity contribution in [1.29, 1.82) is 0 Å². The van der Waals surface area contributed by atoms with Crippen molar-refractivity contribution in [2.45, 2.75) is 58.6 Å². The van der Waals surface area contributed by atoms with Crippen LogP contribution in [0.2, 0.25) is 0 Å². The van der Waals surface area contributed by atoms with Gasteiger partial charge in [0, 0.05) is 19.6 Å². The number of ether oxygens (including phenoxy) is 1. The average Bonchev–Trinajstić information content (AvgIpc) is 3.24. The van der Waals surface area contributed by atoms with Crippen LogP contribution >= 0.6 is 0 Å². The summed E-state index contributed by atoms with van der Waals surface area (Å²) in [5.41, 5.74) is -0.517. The predicted octanol–water partition coefficient (Wildman–Crippen LogP) is 3.51. The molecule has 0 saturated carbocycles. The first-order chi connectivity index (χ1) is 11.7. The number of hydrogen-bond donors (Lipinski definition) is 0. The number of rotatable bonds is 2. The molecule has 25 heavy (non-hydrogen) atoms.